The molecule has 0 aliphatic carbocycles. The summed E-state index contributed by atoms with van der Waals surface area (Å²) in [5.41, 5.74) is -0.989. The van der Waals surface area contributed by atoms with Crippen LogP contribution in [0.4, 0.5) is 0 Å². The number of rotatable bonds is 4. The fraction of sp³-hybridized carbons (Fsp3) is 0.923. The topological polar surface area (TPSA) is 78.5 Å². The van der Waals surface area contributed by atoms with Crippen LogP contribution in [0, 0.1) is 0 Å². The minimum Gasteiger partial charge on any atom is -0.353 e. The highest BCUT2D eigenvalue weighted by Gasteiger charge is 2.44. The minimum atomic E-state index is -3.39. The second kappa shape index (κ2) is 5.99. The monoisotopic (exact) mass is 303 g/mol. The normalized spacial score (nSPS) is 28.1. The summed E-state index contributed by atoms with van der Waals surface area (Å²) in [5, 5.41) is 6.08. The predicted octanol–water partition coefficient (Wildman–Crippen LogP) is 0.0588. The number of piperidine rings is 1. The number of hydrogen-bond donors (Lipinski definition) is 2. The summed E-state index contributed by atoms with van der Waals surface area (Å²) >= 11 is 0. The van der Waals surface area contributed by atoms with E-state index in [1.807, 2.05) is 0 Å². The molecule has 0 saturated carbocycles. The summed E-state index contributed by atoms with van der Waals surface area (Å²) in [4.78, 5) is 11.8. The molecule has 2 aliphatic heterocycles. The van der Waals surface area contributed by atoms with Gasteiger partial charge in [0.15, 0.2) is 0 Å². The quantitative estimate of drug-likeness (QED) is 0.770. The number of nitrogens with one attached hydrogen (secondary N) is 2. The Hall–Kier alpha value is -0.660. The molecule has 0 aromatic rings. The van der Waals surface area contributed by atoms with Gasteiger partial charge < -0.3 is 10.6 Å². The van der Waals surface area contributed by atoms with Gasteiger partial charge in [-0.15, -0.1) is 0 Å². The predicted molar refractivity (Wildman–Crippen MR) is 77.8 cm³/mol. The van der Waals surface area contributed by atoms with Crippen LogP contribution in [0.2, 0.25) is 0 Å². The number of sulfonamides is 1. The van der Waals surface area contributed by atoms with E-state index in [4.69, 9.17) is 0 Å². The first kappa shape index (κ1) is 15.7. The third-order valence-electron chi connectivity index (χ3n) is 4.25. The zero-order valence-corrected chi connectivity index (χ0v) is 13.1. The molecule has 2 fully saturated rings. The first-order chi connectivity index (χ1) is 9.34. The van der Waals surface area contributed by atoms with Crippen molar-refractivity contribution in [2.24, 2.45) is 0 Å². The van der Waals surface area contributed by atoms with Crippen LogP contribution < -0.4 is 10.6 Å². The summed E-state index contributed by atoms with van der Waals surface area (Å²) in [6.45, 7) is 5.06. The maximum atomic E-state index is 12.5. The first-order valence-electron chi connectivity index (χ1n) is 7.36. The fourth-order valence-electron chi connectivity index (χ4n) is 2.94. The number of hydrogen-bond acceptors (Lipinski definition) is 4. The van der Waals surface area contributed by atoms with E-state index in [2.05, 4.69) is 10.6 Å². The fourth-order valence-corrected chi connectivity index (χ4v) is 4.89. The lowest BCUT2D eigenvalue weighted by atomic mass is 10.0. The lowest BCUT2D eigenvalue weighted by molar-refractivity contribution is -0.131. The Balaban J connectivity index is 2.00. The summed E-state index contributed by atoms with van der Waals surface area (Å²) in [6.07, 6.45) is 3.99. The minimum absolute atomic E-state index is 0.112. The van der Waals surface area contributed by atoms with Gasteiger partial charge in [0.25, 0.3) is 0 Å². The number of carbonyl (C=O) groups is 1. The molecule has 6 nitrogen and oxygen atoms in total. The average molecular weight is 303 g/mol. The van der Waals surface area contributed by atoms with Gasteiger partial charge in [-0.2, -0.15) is 4.31 Å². The number of carbonyl (C=O) groups excluding carboxylic acids is 1. The zero-order valence-electron chi connectivity index (χ0n) is 12.3. The van der Waals surface area contributed by atoms with Crippen LogP contribution in [-0.4, -0.2) is 55.6 Å². The summed E-state index contributed by atoms with van der Waals surface area (Å²) in [5.74, 6) is -0.107. The molecule has 0 aromatic carbocycles. The van der Waals surface area contributed by atoms with E-state index in [1.54, 1.807) is 13.8 Å². The molecule has 0 radical (unpaired) electrons. The van der Waals surface area contributed by atoms with Gasteiger partial charge >= 0.3 is 0 Å². The van der Waals surface area contributed by atoms with Crippen LogP contribution in [0.5, 0.6) is 0 Å². The van der Waals surface area contributed by atoms with E-state index >= 15 is 0 Å². The van der Waals surface area contributed by atoms with E-state index in [0.717, 1.165) is 19.4 Å². The van der Waals surface area contributed by atoms with Crippen molar-refractivity contribution in [3.63, 3.8) is 0 Å². The third-order valence-corrected chi connectivity index (χ3v) is 6.31. The molecule has 0 spiro atoms. The molecule has 0 bridgehead atoms. The molecule has 2 N–H and O–H groups in total. The van der Waals surface area contributed by atoms with Gasteiger partial charge in [0.05, 0.1) is 5.75 Å². The Kier molecular flexibility index (Phi) is 4.71. The molecule has 1 unspecified atom stereocenters. The third kappa shape index (κ3) is 3.32. The van der Waals surface area contributed by atoms with E-state index in [-0.39, 0.29) is 11.7 Å². The van der Waals surface area contributed by atoms with Crippen molar-refractivity contribution in [1.29, 1.82) is 0 Å². The van der Waals surface area contributed by atoms with E-state index in [0.29, 0.717) is 25.6 Å². The van der Waals surface area contributed by atoms with Gasteiger partial charge in [-0.05, 0) is 39.7 Å². The van der Waals surface area contributed by atoms with Crippen LogP contribution in [0.1, 0.15) is 39.5 Å². The molecular weight excluding hydrogens is 278 g/mol. The van der Waals surface area contributed by atoms with Gasteiger partial charge in [0.2, 0.25) is 15.9 Å². The maximum absolute atomic E-state index is 12.5. The molecule has 1 amide bonds. The summed E-state index contributed by atoms with van der Waals surface area (Å²) in [7, 11) is -3.39. The van der Waals surface area contributed by atoms with E-state index in [1.165, 1.54) is 10.7 Å². The van der Waals surface area contributed by atoms with Crippen molar-refractivity contribution in [2.45, 2.75) is 51.1 Å². The van der Waals surface area contributed by atoms with E-state index in [9.17, 15) is 13.2 Å². The summed E-state index contributed by atoms with van der Waals surface area (Å²) in [6, 6.07) is 0.292. The molecule has 116 valence electrons. The average Bonchev–Trinajstić information content (AvgIpc) is 2.40. The Labute approximate surface area is 121 Å². The highest BCUT2D eigenvalue weighted by Crippen LogP contribution is 2.23. The second-order valence-corrected chi connectivity index (χ2v) is 8.15. The Morgan fingerprint density at radius 2 is 2.05 bits per heavy atom. The SMILES string of the molecule is CC1(C)C(=O)NCCN1S(=O)(=O)CCC1CCCCN1. The van der Waals surface area contributed by atoms with Crippen LogP contribution in [0.15, 0.2) is 0 Å². The Morgan fingerprint density at radius 1 is 1.30 bits per heavy atom. The number of nitrogens with zero attached hydrogens (tertiary/aromatic N) is 1. The molecule has 7 heteroatoms. The summed E-state index contributed by atoms with van der Waals surface area (Å²) < 4.78 is 26.4. The molecule has 2 heterocycles. The largest absolute Gasteiger partial charge is 0.353 e. The highest BCUT2D eigenvalue weighted by atomic mass is 32.2. The Bertz CT molecular complexity index is 455. The zero-order chi connectivity index (χ0) is 14.8. The van der Waals surface area contributed by atoms with Crippen LogP contribution in [-0.2, 0) is 14.8 Å². The number of piperazine rings is 1. The van der Waals surface area contributed by atoms with Crippen molar-refractivity contribution in [2.75, 3.05) is 25.4 Å². The van der Waals surface area contributed by atoms with Gasteiger partial charge in [-0.3, -0.25) is 4.79 Å². The molecule has 2 saturated heterocycles. The van der Waals surface area contributed by atoms with Crippen molar-refractivity contribution in [3.05, 3.63) is 0 Å². The maximum Gasteiger partial charge on any atom is 0.241 e. The lowest BCUT2D eigenvalue weighted by Gasteiger charge is -2.40. The van der Waals surface area contributed by atoms with Crippen molar-refractivity contribution in [3.8, 4) is 0 Å². The van der Waals surface area contributed by atoms with Crippen molar-refractivity contribution < 1.29 is 13.2 Å². The van der Waals surface area contributed by atoms with Gasteiger partial charge in [0.1, 0.15) is 5.54 Å². The first-order valence-corrected chi connectivity index (χ1v) is 8.97. The second-order valence-electron chi connectivity index (χ2n) is 6.14. The smallest absolute Gasteiger partial charge is 0.241 e. The van der Waals surface area contributed by atoms with Crippen LogP contribution in [0.25, 0.3) is 0 Å². The molecule has 20 heavy (non-hydrogen) atoms. The molecule has 1 atom stereocenters. The number of amides is 1. The van der Waals surface area contributed by atoms with Gasteiger partial charge in [0, 0.05) is 19.1 Å². The van der Waals surface area contributed by atoms with Gasteiger partial charge in [-0.1, -0.05) is 6.42 Å². The standard InChI is InChI=1S/C13H25N3O3S/c1-13(2)12(17)15-8-9-16(13)20(18,19)10-6-11-5-3-4-7-14-11/h11,14H,3-10H2,1-2H3,(H,15,17). The van der Waals surface area contributed by atoms with Crippen LogP contribution >= 0.6 is 0 Å². The molecular formula is C13H25N3O3S. The lowest BCUT2D eigenvalue weighted by Crippen LogP contribution is -2.63. The van der Waals surface area contributed by atoms with E-state index < -0.39 is 15.6 Å². The van der Waals surface area contributed by atoms with Crippen LogP contribution in [0.3, 0.4) is 0 Å². The van der Waals surface area contributed by atoms with Crippen molar-refractivity contribution in [1.82, 2.24) is 14.9 Å². The molecule has 2 rings (SSSR count). The molecule has 0 aromatic heterocycles. The van der Waals surface area contributed by atoms with Gasteiger partial charge in [-0.25, -0.2) is 8.42 Å². The van der Waals surface area contributed by atoms with Crippen molar-refractivity contribution >= 4 is 15.9 Å². The molecule has 2 aliphatic rings. The highest BCUT2D eigenvalue weighted by molar-refractivity contribution is 7.89. The Morgan fingerprint density at radius 3 is 2.70 bits per heavy atom.